The fourth-order valence-corrected chi connectivity index (χ4v) is 2.90. The molecule has 2 nitrogen and oxygen atoms in total. The minimum absolute atomic E-state index is 0.931. The fourth-order valence-electron chi connectivity index (χ4n) is 2.61. The van der Waals surface area contributed by atoms with Crippen LogP contribution in [0.25, 0.3) is 0 Å². The first kappa shape index (κ1) is 10.4. The van der Waals surface area contributed by atoms with Crippen LogP contribution in [0.3, 0.4) is 0 Å². The van der Waals surface area contributed by atoms with E-state index >= 15 is 0 Å². The van der Waals surface area contributed by atoms with Crippen LogP contribution in [-0.4, -0.2) is 26.2 Å². The van der Waals surface area contributed by atoms with Crippen LogP contribution in [0.1, 0.15) is 17.5 Å². The van der Waals surface area contributed by atoms with Crippen LogP contribution < -0.4 is 10.2 Å². The summed E-state index contributed by atoms with van der Waals surface area (Å²) in [5.74, 6) is 0. The highest BCUT2D eigenvalue weighted by molar-refractivity contribution is 6.33. The summed E-state index contributed by atoms with van der Waals surface area (Å²) in [7, 11) is 0. The highest BCUT2D eigenvalue weighted by Crippen LogP contribution is 2.36. The summed E-state index contributed by atoms with van der Waals surface area (Å²) in [5.41, 5.74) is 4.28. The Labute approximate surface area is 102 Å². The number of rotatable bonds is 1. The van der Waals surface area contributed by atoms with E-state index in [2.05, 4.69) is 22.3 Å². The zero-order valence-corrected chi connectivity index (χ0v) is 10.2. The predicted molar refractivity (Wildman–Crippen MR) is 68.6 cm³/mol. The summed E-state index contributed by atoms with van der Waals surface area (Å²) in [5, 5.41) is 4.39. The first-order valence-corrected chi connectivity index (χ1v) is 6.50. The lowest BCUT2D eigenvalue weighted by atomic mass is 9.98. The second-order valence-electron chi connectivity index (χ2n) is 4.62. The normalized spacial score (nSPS) is 19.9. The van der Waals surface area contributed by atoms with E-state index in [-0.39, 0.29) is 0 Å². The zero-order valence-electron chi connectivity index (χ0n) is 9.43. The molecule has 3 rings (SSSR count). The molecule has 0 unspecified atom stereocenters. The summed E-state index contributed by atoms with van der Waals surface area (Å²) in [6.07, 6.45) is 3.55. The molecule has 86 valence electrons. The van der Waals surface area contributed by atoms with Gasteiger partial charge in [0.1, 0.15) is 0 Å². The van der Waals surface area contributed by atoms with E-state index in [9.17, 15) is 0 Å². The van der Waals surface area contributed by atoms with Gasteiger partial charge in [-0.05, 0) is 49.5 Å². The van der Waals surface area contributed by atoms with Crippen molar-refractivity contribution in [1.29, 1.82) is 0 Å². The van der Waals surface area contributed by atoms with Crippen LogP contribution in [0, 0.1) is 0 Å². The molecule has 0 radical (unpaired) electrons. The summed E-state index contributed by atoms with van der Waals surface area (Å²) >= 11 is 6.36. The van der Waals surface area contributed by atoms with Gasteiger partial charge in [0.2, 0.25) is 0 Å². The number of halogens is 1. The molecule has 2 heterocycles. The van der Waals surface area contributed by atoms with Gasteiger partial charge in [0.05, 0.1) is 10.7 Å². The van der Waals surface area contributed by atoms with Gasteiger partial charge in [0, 0.05) is 13.1 Å². The maximum atomic E-state index is 6.36. The smallest absolute Gasteiger partial charge is 0.0642 e. The van der Waals surface area contributed by atoms with E-state index in [0.717, 1.165) is 31.0 Å². The second-order valence-corrected chi connectivity index (χ2v) is 5.03. The molecule has 1 saturated heterocycles. The van der Waals surface area contributed by atoms with Crippen molar-refractivity contribution < 1.29 is 0 Å². The highest BCUT2D eigenvalue weighted by atomic mass is 35.5. The molecule has 0 saturated carbocycles. The van der Waals surface area contributed by atoms with Crippen LogP contribution in [0.5, 0.6) is 0 Å². The Morgan fingerprint density at radius 2 is 1.94 bits per heavy atom. The van der Waals surface area contributed by atoms with Gasteiger partial charge in [-0.15, -0.1) is 0 Å². The predicted octanol–water partition coefficient (Wildman–Crippen LogP) is 2.24. The molecular weight excluding hydrogens is 220 g/mol. The molecule has 3 heteroatoms. The molecule has 2 aliphatic rings. The first-order chi connectivity index (χ1) is 7.86. The van der Waals surface area contributed by atoms with Crippen molar-refractivity contribution in [3.05, 3.63) is 28.3 Å². The first-order valence-electron chi connectivity index (χ1n) is 6.12. The lowest BCUT2D eigenvalue weighted by Gasteiger charge is -2.36. The minimum atomic E-state index is 0.931. The van der Waals surface area contributed by atoms with Crippen molar-refractivity contribution in [2.24, 2.45) is 0 Å². The monoisotopic (exact) mass is 236 g/mol. The average Bonchev–Trinajstić information content (AvgIpc) is 2.44. The molecule has 1 fully saturated rings. The van der Waals surface area contributed by atoms with Gasteiger partial charge < -0.3 is 10.2 Å². The van der Waals surface area contributed by atoms with Gasteiger partial charge >= 0.3 is 0 Å². The van der Waals surface area contributed by atoms with Crippen molar-refractivity contribution in [3.63, 3.8) is 0 Å². The van der Waals surface area contributed by atoms with Gasteiger partial charge in [-0.1, -0.05) is 17.7 Å². The van der Waals surface area contributed by atoms with Crippen molar-refractivity contribution in [2.75, 3.05) is 31.1 Å². The number of hydrogen-bond donors (Lipinski definition) is 1. The molecule has 16 heavy (non-hydrogen) atoms. The largest absolute Gasteiger partial charge is 0.370 e. The zero-order chi connectivity index (χ0) is 11.0. The molecule has 1 aromatic carbocycles. The Morgan fingerprint density at radius 3 is 2.69 bits per heavy atom. The summed E-state index contributed by atoms with van der Waals surface area (Å²) in [4.78, 5) is 2.42. The van der Waals surface area contributed by atoms with Crippen molar-refractivity contribution in [3.8, 4) is 0 Å². The number of nitrogens with zero attached hydrogens (tertiary/aromatic N) is 1. The number of nitrogens with one attached hydrogen (secondary N) is 1. The van der Waals surface area contributed by atoms with Crippen molar-refractivity contribution in [1.82, 2.24) is 5.32 Å². The molecule has 0 atom stereocenters. The summed E-state index contributed by atoms with van der Waals surface area (Å²) in [6, 6.07) is 4.27. The molecule has 0 aliphatic carbocycles. The van der Waals surface area contributed by atoms with Gasteiger partial charge in [0.15, 0.2) is 0 Å². The maximum absolute atomic E-state index is 6.36. The van der Waals surface area contributed by atoms with Crippen molar-refractivity contribution >= 4 is 17.3 Å². The Morgan fingerprint density at radius 1 is 1.12 bits per heavy atom. The third kappa shape index (κ3) is 1.70. The number of fused-ring (bicyclic) bond motifs is 1. The Balaban J connectivity index is 2.06. The van der Waals surface area contributed by atoms with E-state index in [1.807, 2.05) is 0 Å². The van der Waals surface area contributed by atoms with Gasteiger partial charge in [-0.2, -0.15) is 0 Å². The molecular formula is C13H17ClN2. The highest BCUT2D eigenvalue weighted by Gasteiger charge is 2.23. The molecule has 1 N–H and O–H groups in total. The quantitative estimate of drug-likeness (QED) is 0.805. The average molecular weight is 237 g/mol. The van der Waals surface area contributed by atoms with Crippen LogP contribution in [0.15, 0.2) is 12.1 Å². The number of benzene rings is 1. The van der Waals surface area contributed by atoms with Crippen LogP contribution in [0.4, 0.5) is 5.69 Å². The topological polar surface area (TPSA) is 15.3 Å². The molecule has 1 aromatic rings. The summed E-state index contributed by atoms with van der Waals surface area (Å²) < 4.78 is 0. The standard InChI is InChI=1S/C13H17ClN2/c14-12-3-2-10-4-6-15-7-5-11(10)13(12)16-8-1-9-16/h2-3,15H,1,4-9H2. The lowest BCUT2D eigenvalue weighted by Crippen LogP contribution is -2.38. The van der Waals surface area contributed by atoms with E-state index in [1.165, 1.54) is 36.3 Å². The van der Waals surface area contributed by atoms with Gasteiger partial charge in [0.25, 0.3) is 0 Å². The molecule has 0 bridgehead atoms. The van der Waals surface area contributed by atoms with E-state index in [0.29, 0.717) is 0 Å². The third-order valence-corrected chi connectivity index (χ3v) is 3.93. The lowest BCUT2D eigenvalue weighted by molar-refractivity contribution is 0.614. The molecule has 0 amide bonds. The van der Waals surface area contributed by atoms with Gasteiger partial charge in [-0.3, -0.25) is 0 Å². The Hall–Kier alpha value is -0.730. The second kappa shape index (κ2) is 4.27. The van der Waals surface area contributed by atoms with Crippen LogP contribution in [0.2, 0.25) is 5.02 Å². The van der Waals surface area contributed by atoms with Crippen LogP contribution >= 0.6 is 11.6 Å². The van der Waals surface area contributed by atoms with Crippen molar-refractivity contribution in [2.45, 2.75) is 19.3 Å². The van der Waals surface area contributed by atoms with E-state index in [1.54, 1.807) is 0 Å². The number of anilines is 1. The SMILES string of the molecule is Clc1ccc2c(c1N1CCC1)CCNCC2. The third-order valence-electron chi connectivity index (χ3n) is 3.63. The maximum Gasteiger partial charge on any atom is 0.0642 e. The summed E-state index contributed by atoms with van der Waals surface area (Å²) in [6.45, 7) is 4.51. The molecule has 0 spiro atoms. The van der Waals surface area contributed by atoms with Crippen LogP contribution in [-0.2, 0) is 12.8 Å². The fraction of sp³-hybridized carbons (Fsp3) is 0.538. The van der Waals surface area contributed by atoms with Gasteiger partial charge in [-0.25, -0.2) is 0 Å². The molecule has 2 aliphatic heterocycles. The Kier molecular flexibility index (Phi) is 2.78. The Bertz CT molecular complexity index is 399. The van der Waals surface area contributed by atoms with E-state index in [4.69, 9.17) is 11.6 Å². The number of hydrogen-bond acceptors (Lipinski definition) is 2. The molecule has 0 aromatic heterocycles. The van der Waals surface area contributed by atoms with E-state index < -0.39 is 0 Å². The minimum Gasteiger partial charge on any atom is -0.370 e.